The quantitative estimate of drug-likeness (QED) is 0.237. The number of thiazole rings is 1. The van der Waals surface area contributed by atoms with Crippen molar-refractivity contribution >= 4 is 55.4 Å². The maximum absolute atomic E-state index is 13.3. The number of hydrogen-bond donors (Lipinski definition) is 3. The second-order valence-electron chi connectivity index (χ2n) is 8.92. The molecule has 0 atom stereocenters. The number of carboxylic acid groups (broad SMARTS) is 1. The molecule has 4 aromatic rings. The molecule has 10 nitrogen and oxygen atoms in total. The van der Waals surface area contributed by atoms with Gasteiger partial charge in [0.15, 0.2) is 0 Å². The highest BCUT2D eigenvalue weighted by atomic mass is 32.2. The van der Waals surface area contributed by atoms with E-state index in [1.165, 1.54) is 16.2 Å². The molecule has 13 heteroatoms. The third-order valence-electron chi connectivity index (χ3n) is 6.38. The summed E-state index contributed by atoms with van der Waals surface area (Å²) in [7, 11) is -3.77. The van der Waals surface area contributed by atoms with Crippen molar-refractivity contribution in [3.63, 3.8) is 0 Å². The first-order valence-electron chi connectivity index (χ1n) is 12.3. The molecule has 4 heterocycles. The summed E-state index contributed by atoms with van der Waals surface area (Å²) in [5.74, 6) is 0. The van der Waals surface area contributed by atoms with Crippen molar-refractivity contribution in [3.8, 4) is 10.7 Å². The predicted molar refractivity (Wildman–Crippen MR) is 150 cm³/mol. The van der Waals surface area contributed by atoms with E-state index in [9.17, 15) is 13.2 Å². The number of benzene rings is 1. The number of carbonyl (C=O) groups is 1. The highest BCUT2D eigenvalue weighted by Gasteiger charge is 2.23. The first kappa shape index (κ1) is 26.6. The van der Waals surface area contributed by atoms with Crippen LogP contribution in [-0.4, -0.2) is 78.8 Å². The van der Waals surface area contributed by atoms with Gasteiger partial charge in [-0.25, -0.2) is 18.2 Å². The van der Waals surface area contributed by atoms with Crippen LogP contribution in [0.4, 0.5) is 10.5 Å². The number of piperazine rings is 1. The van der Waals surface area contributed by atoms with Crippen molar-refractivity contribution in [2.24, 2.45) is 0 Å². The second-order valence-corrected chi connectivity index (χ2v) is 12.8. The van der Waals surface area contributed by atoms with Gasteiger partial charge in [-0.2, -0.15) is 0 Å². The molecule has 0 radical (unpaired) electrons. The standard InChI is InChI=1S/C25H29N5O5S3/c1-2-35-12-6-17-7-13-36-24(17)38(33,34)28-20-5-3-4-18-14-21(27-22(18)20)23-26-15-19(37-23)16-29-8-10-30(11-9-29)25(31)32/h3-5,7,13-15,27-28H,2,6,8-12,16H2,1H3,(H,31,32). The molecule has 0 spiro atoms. The average Bonchev–Trinajstić information content (AvgIpc) is 3.64. The molecule has 1 aromatic carbocycles. The number of anilines is 1. The van der Waals surface area contributed by atoms with E-state index < -0.39 is 16.1 Å². The van der Waals surface area contributed by atoms with Gasteiger partial charge in [0.2, 0.25) is 0 Å². The summed E-state index contributed by atoms with van der Waals surface area (Å²) in [6.07, 6.45) is 1.51. The van der Waals surface area contributed by atoms with Crippen LogP contribution >= 0.6 is 22.7 Å². The molecule has 1 saturated heterocycles. The summed E-state index contributed by atoms with van der Waals surface area (Å²) in [6.45, 7) is 6.06. The molecule has 202 valence electrons. The Kier molecular flexibility index (Phi) is 8.00. The Hall–Kier alpha value is -2.97. The Morgan fingerprint density at radius 1 is 1.24 bits per heavy atom. The van der Waals surface area contributed by atoms with E-state index in [1.807, 2.05) is 37.4 Å². The lowest BCUT2D eigenvalue weighted by Gasteiger charge is -2.32. The lowest BCUT2D eigenvalue weighted by atomic mass is 10.2. The van der Waals surface area contributed by atoms with Crippen molar-refractivity contribution in [1.29, 1.82) is 0 Å². The number of H-pyrrole nitrogens is 1. The van der Waals surface area contributed by atoms with Crippen LogP contribution < -0.4 is 4.72 Å². The Morgan fingerprint density at radius 2 is 2.05 bits per heavy atom. The summed E-state index contributed by atoms with van der Waals surface area (Å²) >= 11 is 2.77. The fourth-order valence-electron chi connectivity index (χ4n) is 4.44. The Labute approximate surface area is 228 Å². The number of rotatable bonds is 10. The monoisotopic (exact) mass is 575 g/mol. The van der Waals surface area contributed by atoms with Gasteiger partial charge in [0.05, 0.1) is 23.5 Å². The third-order valence-corrected chi connectivity index (χ3v) is 10.3. The zero-order chi connectivity index (χ0) is 26.7. The highest BCUT2D eigenvalue weighted by molar-refractivity contribution is 7.94. The van der Waals surface area contributed by atoms with Gasteiger partial charge < -0.3 is 19.7 Å². The molecule has 3 aromatic heterocycles. The largest absolute Gasteiger partial charge is 0.465 e. The van der Waals surface area contributed by atoms with Crippen LogP contribution in [-0.2, 0) is 27.7 Å². The van der Waals surface area contributed by atoms with Gasteiger partial charge in [-0.05, 0) is 42.5 Å². The highest BCUT2D eigenvalue weighted by Crippen LogP contribution is 2.33. The van der Waals surface area contributed by atoms with Crippen LogP contribution in [0.1, 0.15) is 17.4 Å². The smallest absolute Gasteiger partial charge is 0.407 e. The predicted octanol–water partition coefficient (Wildman–Crippen LogP) is 4.53. The fraction of sp³-hybridized carbons (Fsp3) is 0.360. The number of ether oxygens (including phenoxy) is 1. The molecule has 0 unspecified atom stereocenters. The van der Waals surface area contributed by atoms with Crippen LogP contribution in [0.15, 0.2) is 46.1 Å². The molecular formula is C25H29N5O5S3. The van der Waals surface area contributed by atoms with Gasteiger partial charge in [0.25, 0.3) is 10.0 Å². The summed E-state index contributed by atoms with van der Waals surface area (Å²) in [4.78, 5) is 23.8. The van der Waals surface area contributed by atoms with E-state index in [4.69, 9.17) is 9.84 Å². The van der Waals surface area contributed by atoms with E-state index in [1.54, 1.807) is 22.8 Å². The molecular weight excluding hydrogens is 547 g/mol. The molecule has 0 aliphatic carbocycles. The molecule has 5 rings (SSSR count). The third kappa shape index (κ3) is 5.86. The fourth-order valence-corrected chi connectivity index (χ4v) is 7.91. The Bertz CT molecular complexity index is 1520. The van der Waals surface area contributed by atoms with E-state index in [0.717, 1.165) is 26.5 Å². The minimum Gasteiger partial charge on any atom is -0.465 e. The maximum atomic E-state index is 13.3. The van der Waals surface area contributed by atoms with Crippen molar-refractivity contribution in [3.05, 3.63) is 52.3 Å². The first-order valence-corrected chi connectivity index (χ1v) is 15.5. The number of fused-ring (bicyclic) bond motifs is 1. The molecule has 1 amide bonds. The average molecular weight is 576 g/mol. The van der Waals surface area contributed by atoms with Crippen molar-refractivity contribution in [2.45, 2.75) is 24.1 Å². The number of nitrogens with one attached hydrogen (secondary N) is 2. The number of amides is 1. The van der Waals surface area contributed by atoms with Crippen molar-refractivity contribution in [2.75, 3.05) is 44.1 Å². The van der Waals surface area contributed by atoms with Gasteiger partial charge in [-0.1, -0.05) is 12.1 Å². The van der Waals surface area contributed by atoms with Gasteiger partial charge in [0.1, 0.15) is 9.22 Å². The molecule has 0 saturated carbocycles. The number of hydrogen-bond acceptors (Lipinski definition) is 8. The lowest BCUT2D eigenvalue weighted by molar-refractivity contribution is 0.103. The molecule has 0 bridgehead atoms. The number of aromatic amines is 1. The summed E-state index contributed by atoms with van der Waals surface area (Å²) in [5.41, 5.74) is 2.73. The molecule has 38 heavy (non-hydrogen) atoms. The van der Waals surface area contributed by atoms with Crippen LogP contribution in [0.5, 0.6) is 0 Å². The summed E-state index contributed by atoms with van der Waals surface area (Å²) in [5, 5.41) is 12.6. The lowest BCUT2D eigenvalue weighted by Crippen LogP contribution is -2.47. The molecule has 1 fully saturated rings. The molecule has 1 aliphatic heterocycles. The van der Waals surface area contributed by atoms with Crippen molar-refractivity contribution in [1.82, 2.24) is 19.8 Å². The van der Waals surface area contributed by atoms with Crippen molar-refractivity contribution < 1.29 is 23.1 Å². The van der Waals surface area contributed by atoms with E-state index >= 15 is 0 Å². The number of sulfonamides is 1. The topological polar surface area (TPSA) is 128 Å². The summed E-state index contributed by atoms with van der Waals surface area (Å²) in [6, 6.07) is 9.31. The van der Waals surface area contributed by atoms with Crippen LogP contribution in [0.3, 0.4) is 0 Å². The number of nitrogens with zero attached hydrogens (tertiary/aromatic N) is 3. The Morgan fingerprint density at radius 3 is 2.82 bits per heavy atom. The first-order chi connectivity index (χ1) is 18.3. The van der Waals surface area contributed by atoms with E-state index in [2.05, 4.69) is 19.6 Å². The van der Waals surface area contributed by atoms with Gasteiger partial charge in [0, 0.05) is 55.8 Å². The van der Waals surface area contributed by atoms with Gasteiger partial charge in [-0.15, -0.1) is 22.7 Å². The second kappa shape index (κ2) is 11.4. The maximum Gasteiger partial charge on any atom is 0.407 e. The summed E-state index contributed by atoms with van der Waals surface area (Å²) < 4.78 is 35.0. The van der Waals surface area contributed by atoms with Crippen LogP contribution in [0.25, 0.3) is 21.6 Å². The normalized spacial score (nSPS) is 14.8. The molecule has 3 N–H and O–H groups in total. The van der Waals surface area contributed by atoms with Gasteiger partial charge >= 0.3 is 6.09 Å². The number of aromatic nitrogens is 2. The minimum absolute atomic E-state index is 0.301. The van der Waals surface area contributed by atoms with E-state index in [0.29, 0.717) is 67.8 Å². The van der Waals surface area contributed by atoms with Crippen LogP contribution in [0, 0.1) is 0 Å². The zero-order valence-corrected chi connectivity index (χ0v) is 23.3. The number of thiophene rings is 1. The Balaban J connectivity index is 1.31. The van der Waals surface area contributed by atoms with Crippen LogP contribution in [0.2, 0.25) is 0 Å². The SMILES string of the molecule is CCOCCc1ccsc1S(=O)(=O)Nc1cccc2cc(-c3ncc(CN4CCN(C(=O)O)CC4)s3)[nH]c12. The number of para-hydroxylation sites is 1. The minimum atomic E-state index is -3.77. The van der Waals surface area contributed by atoms with E-state index in [-0.39, 0.29) is 0 Å². The molecule has 1 aliphatic rings. The van der Waals surface area contributed by atoms with Gasteiger partial charge in [-0.3, -0.25) is 9.62 Å². The zero-order valence-electron chi connectivity index (χ0n) is 20.8.